The van der Waals surface area contributed by atoms with Crippen LogP contribution >= 0.6 is 35.5 Å². The second kappa shape index (κ2) is 12.3. The van der Waals surface area contributed by atoms with Crippen molar-refractivity contribution in [2.45, 2.75) is 25.7 Å². The highest BCUT2D eigenvalue weighted by molar-refractivity contribution is 7.99. The van der Waals surface area contributed by atoms with Gasteiger partial charge in [0.15, 0.2) is 5.13 Å². The minimum absolute atomic E-state index is 0. The molecule has 0 saturated carbocycles. The summed E-state index contributed by atoms with van der Waals surface area (Å²) in [5, 5.41) is 0.724. The number of halogens is 1. The monoisotopic (exact) mass is 479 g/mol. The van der Waals surface area contributed by atoms with E-state index in [1.807, 2.05) is 47.4 Å². The number of hydrogen-bond acceptors (Lipinski definition) is 6. The number of carbonyl (C=O) groups excluding carboxylic acids is 1. The number of rotatable bonds is 10. The average molecular weight is 480 g/mol. The maximum absolute atomic E-state index is 13.4. The van der Waals surface area contributed by atoms with Gasteiger partial charge in [0.2, 0.25) is 0 Å². The molecule has 5 nitrogen and oxygen atoms in total. The number of ether oxygens (including phenoxy) is 1. The third-order valence-corrected chi connectivity index (χ3v) is 6.94. The number of hydrogen-bond donors (Lipinski definition) is 0. The second-order valence-corrected chi connectivity index (χ2v) is 9.12. The fourth-order valence-electron chi connectivity index (χ4n) is 3.22. The molecule has 0 N–H and O–H groups in total. The van der Waals surface area contributed by atoms with Gasteiger partial charge in [0.1, 0.15) is 5.75 Å². The van der Waals surface area contributed by atoms with E-state index in [1.165, 1.54) is 16.2 Å². The Kier molecular flexibility index (Phi) is 10.1. The lowest BCUT2D eigenvalue weighted by atomic mass is 10.2. The molecule has 0 aliphatic rings. The molecule has 0 aliphatic heterocycles. The van der Waals surface area contributed by atoms with Crippen LogP contribution < -0.4 is 9.64 Å². The van der Waals surface area contributed by atoms with Gasteiger partial charge in [0.25, 0.3) is 5.91 Å². The van der Waals surface area contributed by atoms with E-state index in [9.17, 15) is 4.79 Å². The van der Waals surface area contributed by atoms with Gasteiger partial charge in [0, 0.05) is 23.5 Å². The highest BCUT2D eigenvalue weighted by Gasteiger charge is 2.22. The fraction of sp³-hybridized carbons (Fsp3) is 0.391. The Balaban J connectivity index is 0.00000341. The number of anilines is 1. The maximum atomic E-state index is 13.4. The summed E-state index contributed by atoms with van der Waals surface area (Å²) in [6.45, 7) is 9.73. The fourth-order valence-corrected chi connectivity index (χ4v) is 4.90. The van der Waals surface area contributed by atoms with Crippen LogP contribution in [0.3, 0.4) is 0 Å². The average Bonchev–Trinajstić information content (AvgIpc) is 3.20. The molecular formula is C23H30ClN3O2S2. The number of carbonyl (C=O) groups is 1. The van der Waals surface area contributed by atoms with Gasteiger partial charge in [-0.3, -0.25) is 9.69 Å². The summed E-state index contributed by atoms with van der Waals surface area (Å²) in [6, 6.07) is 13.7. The number of aromatic nitrogens is 1. The van der Waals surface area contributed by atoms with Gasteiger partial charge in [-0.05, 0) is 61.3 Å². The molecule has 2 aromatic carbocycles. The minimum atomic E-state index is -0.0128. The molecule has 0 aliphatic carbocycles. The Morgan fingerprint density at radius 2 is 1.77 bits per heavy atom. The Bertz CT molecular complexity index is 975. The van der Waals surface area contributed by atoms with Crippen LogP contribution in [0.2, 0.25) is 0 Å². The molecule has 3 rings (SSSR count). The molecule has 1 aromatic heterocycles. The summed E-state index contributed by atoms with van der Waals surface area (Å²) in [6.07, 6.45) is 0. The predicted octanol–water partition coefficient (Wildman–Crippen LogP) is 5.83. The Labute approximate surface area is 199 Å². The van der Waals surface area contributed by atoms with Gasteiger partial charge >= 0.3 is 0 Å². The number of thiazole rings is 1. The lowest BCUT2D eigenvalue weighted by molar-refractivity contribution is 0.0983. The van der Waals surface area contributed by atoms with E-state index in [-0.39, 0.29) is 18.3 Å². The first-order valence-electron chi connectivity index (χ1n) is 10.3. The standard InChI is InChI=1S/C23H29N3O2S2.ClH/c1-5-25(6-2)14-15-26(22(27)17-8-11-19(12-9-17)29-7-3)23-24-20-13-10-18(28-4)16-21(20)30-23;/h8-13,16H,5-7,14-15H2,1-4H3;1H. The molecule has 0 atom stereocenters. The molecule has 0 saturated heterocycles. The summed E-state index contributed by atoms with van der Waals surface area (Å²) in [5.41, 5.74) is 1.57. The van der Waals surface area contributed by atoms with E-state index in [4.69, 9.17) is 9.72 Å². The van der Waals surface area contributed by atoms with Crippen molar-refractivity contribution in [3.63, 3.8) is 0 Å². The van der Waals surface area contributed by atoms with Crippen molar-refractivity contribution in [2.75, 3.05) is 43.9 Å². The molecule has 0 fully saturated rings. The zero-order chi connectivity index (χ0) is 21.5. The summed E-state index contributed by atoms with van der Waals surface area (Å²) in [5.74, 6) is 1.79. The van der Waals surface area contributed by atoms with E-state index in [2.05, 4.69) is 25.7 Å². The topological polar surface area (TPSA) is 45.7 Å². The molecule has 0 spiro atoms. The SMILES string of the molecule is CCSc1ccc(C(=O)N(CCN(CC)CC)c2nc3ccc(OC)cc3s2)cc1.Cl. The highest BCUT2D eigenvalue weighted by Crippen LogP contribution is 2.32. The van der Waals surface area contributed by atoms with Crippen molar-refractivity contribution < 1.29 is 9.53 Å². The van der Waals surface area contributed by atoms with Crippen molar-refractivity contribution in [1.29, 1.82) is 0 Å². The summed E-state index contributed by atoms with van der Waals surface area (Å²) in [4.78, 5) is 23.5. The molecule has 0 radical (unpaired) electrons. The Morgan fingerprint density at radius 1 is 1.06 bits per heavy atom. The van der Waals surface area contributed by atoms with Crippen LogP contribution in [0.1, 0.15) is 31.1 Å². The number of benzene rings is 2. The van der Waals surface area contributed by atoms with Gasteiger partial charge < -0.3 is 9.64 Å². The van der Waals surface area contributed by atoms with Crippen LogP contribution in [-0.2, 0) is 0 Å². The van der Waals surface area contributed by atoms with Crippen molar-refractivity contribution in [3.8, 4) is 5.75 Å². The molecule has 168 valence electrons. The lowest BCUT2D eigenvalue weighted by Crippen LogP contribution is -2.38. The molecule has 1 heterocycles. The molecule has 0 unspecified atom stereocenters. The van der Waals surface area contributed by atoms with E-state index in [1.54, 1.807) is 18.9 Å². The zero-order valence-corrected chi connectivity index (χ0v) is 20.9. The van der Waals surface area contributed by atoms with Crippen LogP contribution in [0.25, 0.3) is 10.2 Å². The lowest BCUT2D eigenvalue weighted by Gasteiger charge is -2.24. The van der Waals surface area contributed by atoms with Crippen molar-refractivity contribution in [3.05, 3.63) is 48.0 Å². The number of thioether (sulfide) groups is 1. The van der Waals surface area contributed by atoms with Crippen LogP contribution in [0.5, 0.6) is 5.75 Å². The summed E-state index contributed by atoms with van der Waals surface area (Å²) < 4.78 is 6.35. The zero-order valence-electron chi connectivity index (χ0n) is 18.5. The van der Waals surface area contributed by atoms with Gasteiger partial charge in [-0.25, -0.2) is 4.98 Å². The second-order valence-electron chi connectivity index (χ2n) is 6.77. The van der Waals surface area contributed by atoms with Crippen LogP contribution in [0, 0.1) is 0 Å². The molecule has 8 heteroatoms. The first-order chi connectivity index (χ1) is 14.6. The smallest absolute Gasteiger partial charge is 0.260 e. The van der Waals surface area contributed by atoms with E-state index < -0.39 is 0 Å². The quantitative estimate of drug-likeness (QED) is 0.342. The van der Waals surface area contributed by atoms with Crippen molar-refractivity contribution >= 4 is 56.8 Å². The third kappa shape index (κ3) is 6.35. The number of likely N-dealkylation sites (N-methyl/N-ethyl adjacent to an activating group) is 1. The van der Waals surface area contributed by atoms with Crippen LogP contribution in [-0.4, -0.2) is 54.8 Å². The van der Waals surface area contributed by atoms with Gasteiger partial charge in [-0.2, -0.15) is 0 Å². The minimum Gasteiger partial charge on any atom is -0.497 e. The summed E-state index contributed by atoms with van der Waals surface area (Å²) in [7, 11) is 1.66. The summed E-state index contributed by atoms with van der Waals surface area (Å²) >= 11 is 3.30. The molecule has 31 heavy (non-hydrogen) atoms. The van der Waals surface area contributed by atoms with Gasteiger partial charge in [-0.1, -0.05) is 32.1 Å². The molecule has 1 amide bonds. The number of amides is 1. The highest BCUT2D eigenvalue weighted by atomic mass is 35.5. The Hall–Kier alpha value is -1.80. The molecular weight excluding hydrogens is 450 g/mol. The van der Waals surface area contributed by atoms with Crippen LogP contribution in [0.15, 0.2) is 47.4 Å². The molecule has 3 aromatic rings. The van der Waals surface area contributed by atoms with Crippen molar-refractivity contribution in [1.82, 2.24) is 9.88 Å². The Morgan fingerprint density at radius 3 is 2.39 bits per heavy atom. The molecule has 0 bridgehead atoms. The van der Waals surface area contributed by atoms with Gasteiger partial charge in [0.05, 0.1) is 17.3 Å². The van der Waals surface area contributed by atoms with Gasteiger partial charge in [-0.15, -0.1) is 24.2 Å². The normalized spacial score (nSPS) is 10.9. The number of methoxy groups -OCH3 is 1. The largest absolute Gasteiger partial charge is 0.497 e. The van der Waals surface area contributed by atoms with E-state index in [0.717, 1.165) is 46.5 Å². The first kappa shape index (κ1) is 25.5. The first-order valence-corrected chi connectivity index (χ1v) is 12.1. The van der Waals surface area contributed by atoms with Crippen LogP contribution in [0.4, 0.5) is 5.13 Å². The van der Waals surface area contributed by atoms with E-state index in [0.29, 0.717) is 12.1 Å². The third-order valence-electron chi connectivity index (χ3n) is 5.01. The number of fused-ring (bicyclic) bond motifs is 1. The van der Waals surface area contributed by atoms with E-state index >= 15 is 0 Å². The predicted molar refractivity (Wildman–Crippen MR) is 136 cm³/mol. The maximum Gasteiger partial charge on any atom is 0.260 e. The van der Waals surface area contributed by atoms with Crippen molar-refractivity contribution in [2.24, 2.45) is 0 Å². The number of nitrogens with zero attached hydrogens (tertiary/aromatic N) is 3.